The van der Waals surface area contributed by atoms with Crippen molar-refractivity contribution in [1.82, 2.24) is 0 Å². The van der Waals surface area contributed by atoms with E-state index in [4.69, 9.17) is 0 Å². The van der Waals surface area contributed by atoms with Crippen LogP contribution in [0.4, 0.5) is 17.1 Å². The first-order valence-corrected chi connectivity index (χ1v) is 17.1. The van der Waals surface area contributed by atoms with Gasteiger partial charge in [-0.2, -0.15) is 0 Å². The fourth-order valence-electron chi connectivity index (χ4n) is 9.49. The third-order valence-corrected chi connectivity index (χ3v) is 11.7. The number of benzene rings is 3. The molecule has 1 fully saturated rings. The lowest BCUT2D eigenvalue weighted by atomic mass is 9.64. The third kappa shape index (κ3) is 4.29. The smallest absolute Gasteiger partial charge is 0.0611 e. The first-order valence-electron chi connectivity index (χ1n) is 17.1. The lowest BCUT2D eigenvalue weighted by Crippen LogP contribution is -2.39. The summed E-state index contributed by atoms with van der Waals surface area (Å²) in [6, 6.07) is 28.7. The van der Waals surface area contributed by atoms with E-state index in [-0.39, 0.29) is 11.5 Å². The van der Waals surface area contributed by atoms with E-state index in [1.54, 1.807) is 0 Å². The summed E-state index contributed by atoms with van der Waals surface area (Å²) < 4.78 is 0. The fraction of sp³-hybridized carbons (Fsp3) is 0.302. The van der Waals surface area contributed by atoms with Crippen molar-refractivity contribution < 1.29 is 0 Å². The summed E-state index contributed by atoms with van der Waals surface area (Å²) in [5.41, 5.74) is 9.94. The van der Waals surface area contributed by atoms with Crippen molar-refractivity contribution in [2.75, 3.05) is 9.80 Å². The van der Waals surface area contributed by atoms with E-state index in [2.05, 4.69) is 156 Å². The van der Waals surface area contributed by atoms with E-state index in [1.165, 1.54) is 58.7 Å². The largest absolute Gasteiger partial charge is 0.337 e. The molecule has 4 aliphatic carbocycles. The maximum atomic E-state index is 2.72. The number of anilines is 3. The molecular weight excluding hydrogens is 544 g/mol. The summed E-state index contributed by atoms with van der Waals surface area (Å²) in [6.07, 6.45) is 32.0. The van der Waals surface area contributed by atoms with Gasteiger partial charge in [0.1, 0.15) is 0 Å². The normalized spacial score (nSPS) is 32.2. The molecule has 2 nitrogen and oxygen atoms in total. The van der Waals surface area contributed by atoms with Crippen molar-refractivity contribution in [3.05, 3.63) is 162 Å². The van der Waals surface area contributed by atoms with Gasteiger partial charge in [-0.15, -0.1) is 0 Å². The molecule has 2 aliphatic heterocycles. The van der Waals surface area contributed by atoms with E-state index < -0.39 is 0 Å². The highest BCUT2D eigenvalue weighted by Crippen LogP contribution is 2.62. The van der Waals surface area contributed by atoms with Crippen LogP contribution in [0.3, 0.4) is 0 Å². The van der Waals surface area contributed by atoms with Gasteiger partial charge < -0.3 is 9.80 Å². The molecule has 0 radical (unpaired) electrons. The van der Waals surface area contributed by atoms with Crippen molar-refractivity contribution in [1.29, 1.82) is 0 Å². The SMILES string of the molecule is CC12CC3c4ccccc4N(c4cccc(C5C=CC=CC5)c4)C3C=C1N(c1cccc(C3C=CCCC3)c1)C1C=CC=CC12. The summed E-state index contributed by atoms with van der Waals surface area (Å²) in [6.45, 7) is 2.55. The molecule has 7 unspecified atom stereocenters. The molecule has 0 N–H and O–H groups in total. The Labute approximate surface area is 268 Å². The lowest BCUT2D eigenvalue weighted by molar-refractivity contribution is 0.255. The molecule has 6 aliphatic rings. The predicted octanol–water partition coefficient (Wildman–Crippen LogP) is 10.6. The van der Waals surface area contributed by atoms with Crippen LogP contribution in [0.1, 0.15) is 73.5 Å². The highest BCUT2D eigenvalue weighted by molar-refractivity contribution is 5.76. The molecule has 0 spiro atoms. The summed E-state index contributed by atoms with van der Waals surface area (Å²) in [4.78, 5) is 5.38. The van der Waals surface area contributed by atoms with E-state index in [1.807, 2.05) is 0 Å². The van der Waals surface area contributed by atoms with E-state index in [0.29, 0.717) is 29.7 Å². The van der Waals surface area contributed by atoms with Gasteiger partial charge in [0.05, 0.1) is 12.1 Å². The molecule has 0 bridgehead atoms. The number of fused-ring (bicyclic) bond motifs is 6. The van der Waals surface area contributed by atoms with Gasteiger partial charge in [0.15, 0.2) is 0 Å². The average molecular weight is 587 g/mol. The van der Waals surface area contributed by atoms with Gasteiger partial charge in [0.25, 0.3) is 0 Å². The Kier molecular flexibility index (Phi) is 6.40. The fourth-order valence-corrected chi connectivity index (χ4v) is 9.49. The third-order valence-electron chi connectivity index (χ3n) is 11.7. The summed E-state index contributed by atoms with van der Waals surface area (Å²) >= 11 is 0. The number of allylic oxidation sites excluding steroid dienone is 9. The van der Waals surface area contributed by atoms with Crippen LogP contribution in [0.15, 0.2) is 145 Å². The Morgan fingerprint density at radius 2 is 1.47 bits per heavy atom. The molecule has 2 heteroatoms. The first-order chi connectivity index (χ1) is 22.2. The zero-order chi connectivity index (χ0) is 30.0. The predicted molar refractivity (Wildman–Crippen MR) is 188 cm³/mol. The van der Waals surface area contributed by atoms with Crippen LogP contribution in [0.25, 0.3) is 0 Å². The Hall–Kier alpha value is -4.30. The average Bonchev–Trinajstić information content (AvgIpc) is 3.56. The summed E-state index contributed by atoms with van der Waals surface area (Å²) in [7, 11) is 0. The van der Waals surface area contributed by atoms with Gasteiger partial charge in [-0.1, -0.05) is 110 Å². The monoisotopic (exact) mass is 586 g/mol. The van der Waals surface area contributed by atoms with E-state index in [0.717, 1.165) is 12.8 Å². The van der Waals surface area contributed by atoms with Crippen molar-refractivity contribution >= 4 is 17.1 Å². The Balaban J connectivity index is 1.17. The number of rotatable bonds is 4. The summed E-state index contributed by atoms with van der Waals surface area (Å²) in [5.74, 6) is 1.87. The molecule has 2 heterocycles. The van der Waals surface area contributed by atoms with Gasteiger partial charge in [-0.25, -0.2) is 0 Å². The second kappa shape index (κ2) is 10.7. The second-order valence-corrected chi connectivity index (χ2v) is 14.2. The van der Waals surface area contributed by atoms with Gasteiger partial charge in [-0.3, -0.25) is 0 Å². The molecule has 1 saturated heterocycles. The molecule has 0 aromatic heterocycles. The zero-order valence-electron chi connectivity index (χ0n) is 26.2. The van der Waals surface area contributed by atoms with Crippen LogP contribution in [-0.4, -0.2) is 12.1 Å². The van der Waals surface area contributed by atoms with Crippen molar-refractivity contribution in [3.8, 4) is 0 Å². The quantitative estimate of drug-likeness (QED) is 0.281. The Morgan fingerprint density at radius 1 is 0.689 bits per heavy atom. The highest BCUT2D eigenvalue weighted by atomic mass is 15.3. The minimum atomic E-state index is 0.0536. The highest BCUT2D eigenvalue weighted by Gasteiger charge is 2.57. The van der Waals surface area contributed by atoms with Crippen molar-refractivity contribution in [3.63, 3.8) is 0 Å². The molecular formula is C43H42N2. The van der Waals surface area contributed by atoms with Crippen LogP contribution in [0.2, 0.25) is 0 Å². The van der Waals surface area contributed by atoms with Gasteiger partial charge in [-0.05, 0) is 85.2 Å². The van der Waals surface area contributed by atoms with Crippen LogP contribution < -0.4 is 9.80 Å². The maximum Gasteiger partial charge on any atom is 0.0611 e. The molecule has 7 atom stereocenters. The minimum Gasteiger partial charge on any atom is -0.337 e. The lowest BCUT2D eigenvalue weighted by Gasteiger charge is -2.42. The maximum absolute atomic E-state index is 2.72. The molecule has 0 amide bonds. The Bertz CT molecular complexity index is 1820. The molecule has 0 saturated carbocycles. The molecule has 9 rings (SSSR count). The first kappa shape index (κ1) is 27.0. The number of para-hydroxylation sites is 1. The van der Waals surface area contributed by atoms with E-state index in [9.17, 15) is 0 Å². The second-order valence-electron chi connectivity index (χ2n) is 14.2. The van der Waals surface area contributed by atoms with Crippen molar-refractivity contribution in [2.45, 2.75) is 68.9 Å². The number of nitrogens with zero attached hydrogens (tertiary/aromatic N) is 2. The van der Waals surface area contributed by atoms with E-state index >= 15 is 0 Å². The molecule has 224 valence electrons. The van der Waals surface area contributed by atoms with Gasteiger partial charge in [0.2, 0.25) is 0 Å². The number of hydrogen-bond donors (Lipinski definition) is 0. The van der Waals surface area contributed by atoms with Crippen molar-refractivity contribution in [2.24, 2.45) is 11.3 Å². The zero-order valence-corrected chi connectivity index (χ0v) is 26.2. The van der Waals surface area contributed by atoms with Crippen LogP contribution in [-0.2, 0) is 0 Å². The summed E-state index contributed by atoms with van der Waals surface area (Å²) in [5, 5.41) is 0. The topological polar surface area (TPSA) is 6.48 Å². The standard InChI is InChI=1S/C43H42N2/c1-43-29-37-36-22-8-10-24-39(36)44(34-20-12-18-32(26-34)30-14-4-2-5-15-30)41(37)28-42(43)45(40-25-11-9-23-38(40)43)35-21-13-19-33(27-35)31-16-6-3-7-17-31/h2,4-6,8-14,16,18-28,30-31,37-38,40-41H,3,7,15,17,29H2,1H3. The Morgan fingerprint density at radius 3 is 2.27 bits per heavy atom. The van der Waals surface area contributed by atoms with Crippen LogP contribution in [0, 0.1) is 11.3 Å². The van der Waals surface area contributed by atoms with Crippen LogP contribution in [0.5, 0.6) is 0 Å². The molecule has 3 aromatic rings. The minimum absolute atomic E-state index is 0.0536. The number of hydrogen-bond acceptors (Lipinski definition) is 2. The van der Waals surface area contributed by atoms with Gasteiger partial charge in [0, 0.05) is 51.8 Å². The van der Waals surface area contributed by atoms with Crippen LogP contribution >= 0.6 is 0 Å². The molecule has 45 heavy (non-hydrogen) atoms. The van der Waals surface area contributed by atoms with Gasteiger partial charge >= 0.3 is 0 Å². The molecule has 3 aromatic carbocycles.